The third-order valence-corrected chi connectivity index (χ3v) is 2.75. The van der Waals surface area contributed by atoms with E-state index in [1.165, 1.54) is 5.56 Å². The summed E-state index contributed by atoms with van der Waals surface area (Å²) in [5.74, 6) is -0.190. The molecule has 0 heterocycles. The molecule has 1 aromatic carbocycles. The van der Waals surface area contributed by atoms with Crippen LogP contribution in [0, 0.1) is 13.8 Å². The Morgan fingerprint density at radius 1 is 1.35 bits per heavy atom. The smallest absolute Gasteiger partial charge is 0.327 e. The molecule has 0 fully saturated rings. The van der Waals surface area contributed by atoms with Crippen LogP contribution < -0.4 is 0 Å². The molecular weight excluding hydrogens is 214 g/mol. The number of likely N-dealkylation sites (N-methyl/N-ethyl adjacent to an activating group) is 1. The fourth-order valence-electron chi connectivity index (χ4n) is 1.97. The topological polar surface area (TPSA) is 29.5 Å². The number of nitrogens with zero attached hydrogens (tertiary/aromatic N) is 1. The summed E-state index contributed by atoms with van der Waals surface area (Å²) in [6.45, 7) is 6.31. The number of ether oxygens (including phenoxy) is 1. The van der Waals surface area contributed by atoms with Gasteiger partial charge in [0.1, 0.15) is 6.04 Å². The van der Waals surface area contributed by atoms with Crippen molar-refractivity contribution in [1.29, 1.82) is 0 Å². The lowest BCUT2D eigenvalue weighted by atomic mass is 9.98. The van der Waals surface area contributed by atoms with E-state index in [0.29, 0.717) is 6.61 Å². The predicted octanol–water partition coefficient (Wildman–Crippen LogP) is 2.47. The predicted molar refractivity (Wildman–Crippen MR) is 69.0 cm³/mol. The Bertz CT molecular complexity index is 399. The minimum absolute atomic E-state index is 0.190. The van der Waals surface area contributed by atoms with Gasteiger partial charge in [0.05, 0.1) is 6.61 Å². The SMILES string of the molecule is CCOC(=O)C(c1ccc(C)cc1C)N(C)C. The number of hydrogen-bond donors (Lipinski definition) is 0. The highest BCUT2D eigenvalue weighted by atomic mass is 16.5. The molecule has 0 spiro atoms. The molecule has 0 saturated heterocycles. The molecule has 0 bridgehead atoms. The first-order valence-electron chi connectivity index (χ1n) is 5.87. The van der Waals surface area contributed by atoms with Gasteiger partial charge in [0.15, 0.2) is 0 Å². The Balaban J connectivity index is 3.10. The Labute approximate surface area is 103 Å². The zero-order chi connectivity index (χ0) is 13.0. The van der Waals surface area contributed by atoms with Gasteiger partial charge in [-0.05, 0) is 46.0 Å². The third-order valence-electron chi connectivity index (χ3n) is 2.75. The summed E-state index contributed by atoms with van der Waals surface area (Å²) < 4.78 is 5.12. The van der Waals surface area contributed by atoms with Crippen molar-refractivity contribution in [2.45, 2.75) is 26.8 Å². The Morgan fingerprint density at radius 2 is 2.00 bits per heavy atom. The average Bonchev–Trinajstić information content (AvgIpc) is 2.21. The van der Waals surface area contributed by atoms with Gasteiger partial charge in [-0.3, -0.25) is 4.90 Å². The molecule has 0 radical (unpaired) electrons. The quantitative estimate of drug-likeness (QED) is 0.751. The standard InChI is InChI=1S/C14H21NO2/c1-6-17-14(16)13(15(4)5)12-8-7-10(2)9-11(12)3/h7-9,13H,6H2,1-5H3. The first-order valence-corrected chi connectivity index (χ1v) is 5.87. The van der Waals surface area contributed by atoms with Crippen molar-refractivity contribution in [3.05, 3.63) is 34.9 Å². The van der Waals surface area contributed by atoms with Gasteiger partial charge in [0, 0.05) is 0 Å². The fraction of sp³-hybridized carbons (Fsp3) is 0.500. The van der Waals surface area contributed by atoms with E-state index < -0.39 is 0 Å². The number of aryl methyl sites for hydroxylation is 2. The van der Waals surface area contributed by atoms with Crippen LogP contribution in [0.25, 0.3) is 0 Å². The molecule has 0 aromatic heterocycles. The number of carbonyl (C=O) groups excluding carboxylic acids is 1. The summed E-state index contributed by atoms with van der Waals surface area (Å²) in [5.41, 5.74) is 3.34. The van der Waals surface area contributed by atoms with Gasteiger partial charge in [-0.1, -0.05) is 23.8 Å². The molecule has 17 heavy (non-hydrogen) atoms. The maximum atomic E-state index is 12.0. The van der Waals surface area contributed by atoms with Crippen LogP contribution in [0.5, 0.6) is 0 Å². The summed E-state index contributed by atoms with van der Waals surface area (Å²) in [4.78, 5) is 13.8. The van der Waals surface area contributed by atoms with Crippen molar-refractivity contribution in [3.63, 3.8) is 0 Å². The normalized spacial score (nSPS) is 12.6. The van der Waals surface area contributed by atoms with Gasteiger partial charge in [-0.15, -0.1) is 0 Å². The molecule has 0 N–H and O–H groups in total. The lowest BCUT2D eigenvalue weighted by Crippen LogP contribution is -2.30. The second-order valence-electron chi connectivity index (χ2n) is 4.48. The molecule has 0 amide bonds. The average molecular weight is 235 g/mol. The van der Waals surface area contributed by atoms with E-state index in [2.05, 4.69) is 6.07 Å². The summed E-state index contributed by atoms with van der Waals surface area (Å²) >= 11 is 0. The first kappa shape index (κ1) is 13.7. The van der Waals surface area contributed by atoms with Crippen LogP contribution >= 0.6 is 0 Å². The van der Waals surface area contributed by atoms with E-state index >= 15 is 0 Å². The second kappa shape index (κ2) is 5.82. The lowest BCUT2D eigenvalue weighted by Gasteiger charge is -2.24. The van der Waals surface area contributed by atoms with Crippen molar-refractivity contribution in [2.24, 2.45) is 0 Å². The molecule has 3 nitrogen and oxygen atoms in total. The lowest BCUT2D eigenvalue weighted by molar-refractivity contribution is -0.148. The maximum absolute atomic E-state index is 12.0. The highest BCUT2D eigenvalue weighted by molar-refractivity contribution is 5.78. The van der Waals surface area contributed by atoms with Crippen LogP contribution in [0.4, 0.5) is 0 Å². The van der Waals surface area contributed by atoms with Gasteiger partial charge < -0.3 is 4.74 Å². The largest absolute Gasteiger partial charge is 0.465 e. The number of hydrogen-bond acceptors (Lipinski definition) is 3. The van der Waals surface area contributed by atoms with E-state index in [9.17, 15) is 4.79 Å². The van der Waals surface area contributed by atoms with Gasteiger partial charge in [0.2, 0.25) is 0 Å². The van der Waals surface area contributed by atoms with Crippen LogP contribution in [0.3, 0.4) is 0 Å². The molecular formula is C14H21NO2. The van der Waals surface area contributed by atoms with Crippen LogP contribution in [-0.4, -0.2) is 31.6 Å². The van der Waals surface area contributed by atoms with Crippen LogP contribution in [-0.2, 0) is 9.53 Å². The van der Waals surface area contributed by atoms with Crippen molar-refractivity contribution in [2.75, 3.05) is 20.7 Å². The summed E-state index contributed by atoms with van der Waals surface area (Å²) in [7, 11) is 3.78. The minimum atomic E-state index is -0.324. The molecule has 0 aliphatic carbocycles. The van der Waals surface area contributed by atoms with E-state index in [0.717, 1.165) is 11.1 Å². The molecule has 0 aliphatic rings. The summed E-state index contributed by atoms with van der Waals surface area (Å²) in [6.07, 6.45) is 0. The Morgan fingerprint density at radius 3 is 2.47 bits per heavy atom. The van der Waals surface area contributed by atoms with Gasteiger partial charge in [-0.25, -0.2) is 4.79 Å². The molecule has 1 rings (SSSR count). The molecule has 0 saturated carbocycles. The number of rotatable bonds is 4. The molecule has 94 valence electrons. The van der Waals surface area contributed by atoms with Crippen LogP contribution in [0.2, 0.25) is 0 Å². The molecule has 3 heteroatoms. The van der Waals surface area contributed by atoms with Crippen LogP contribution in [0.1, 0.15) is 29.7 Å². The molecule has 0 aliphatic heterocycles. The number of esters is 1. The number of carbonyl (C=O) groups is 1. The van der Waals surface area contributed by atoms with Crippen molar-refractivity contribution in [1.82, 2.24) is 4.90 Å². The van der Waals surface area contributed by atoms with E-state index in [-0.39, 0.29) is 12.0 Å². The van der Waals surface area contributed by atoms with Crippen molar-refractivity contribution < 1.29 is 9.53 Å². The molecule has 1 unspecified atom stereocenters. The summed E-state index contributed by atoms with van der Waals surface area (Å²) in [6, 6.07) is 5.80. The Kier molecular flexibility index (Phi) is 4.70. The monoisotopic (exact) mass is 235 g/mol. The van der Waals surface area contributed by atoms with Gasteiger partial charge in [-0.2, -0.15) is 0 Å². The van der Waals surface area contributed by atoms with Crippen molar-refractivity contribution in [3.8, 4) is 0 Å². The van der Waals surface area contributed by atoms with Gasteiger partial charge in [0.25, 0.3) is 0 Å². The zero-order valence-corrected chi connectivity index (χ0v) is 11.3. The second-order valence-corrected chi connectivity index (χ2v) is 4.48. The summed E-state index contributed by atoms with van der Waals surface area (Å²) in [5, 5.41) is 0. The maximum Gasteiger partial charge on any atom is 0.327 e. The fourth-order valence-corrected chi connectivity index (χ4v) is 1.97. The Hall–Kier alpha value is -1.35. The highest BCUT2D eigenvalue weighted by Gasteiger charge is 2.25. The molecule has 1 atom stereocenters. The van der Waals surface area contributed by atoms with Crippen LogP contribution in [0.15, 0.2) is 18.2 Å². The molecule has 1 aromatic rings. The van der Waals surface area contributed by atoms with E-state index in [4.69, 9.17) is 4.74 Å². The first-order chi connectivity index (χ1) is 7.97. The highest BCUT2D eigenvalue weighted by Crippen LogP contribution is 2.24. The van der Waals surface area contributed by atoms with Gasteiger partial charge >= 0.3 is 5.97 Å². The third kappa shape index (κ3) is 3.30. The van der Waals surface area contributed by atoms with Crippen molar-refractivity contribution >= 4 is 5.97 Å². The van der Waals surface area contributed by atoms with E-state index in [1.807, 2.05) is 51.9 Å². The zero-order valence-electron chi connectivity index (χ0n) is 11.3. The van der Waals surface area contributed by atoms with E-state index in [1.54, 1.807) is 0 Å². The minimum Gasteiger partial charge on any atom is -0.465 e. The number of benzene rings is 1.